The monoisotopic (exact) mass is 252 g/mol. The van der Waals surface area contributed by atoms with E-state index in [1.807, 2.05) is 0 Å². The van der Waals surface area contributed by atoms with Crippen molar-refractivity contribution in [1.29, 1.82) is 0 Å². The van der Waals surface area contributed by atoms with Gasteiger partial charge in [-0.25, -0.2) is 0 Å². The van der Waals surface area contributed by atoms with Gasteiger partial charge in [0.2, 0.25) is 0 Å². The molecular weight excluding hydrogens is 232 g/mol. The fraction of sp³-hybridized carbons (Fsp3) is 0.294. The van der Waals surface area contributed by atoms with Gasteiger partial charge < -0.3 is 10.2 Å². The molecule has 0 spiro atoms. The maximum atomic E-state index is 3.55. The van der Waals surface area contributed by atoms with Crippen molar-refractivity contribution in [2.45, 2.75) is 13.5 Å². The quantitative estimate of drug-likeness (QED) is 0.875. The summed E-state index contributed by atoms with van der Waals surface area (Å²) in [5.41, 5.74) is 3.94. The second kappa shape index (κ2) is 5.35. The minimum atomic E-state index is 0.649. The van der Waals surface area contributed by atoms with Gasteiger partial charge in [-0.2, -0.15) is 0 Å². The first-order valence-electron chi connectivity index (χ1n) is 6.95. The molecule has 3 rings (SSSR count). The minimum Gasteiger partial charge on any atom is -0.383 e. The molecule has 1 aliphatic rings. The zero-order valence-electron chi connectivity index (χ0n) is 11.3. The first kappa shape index (κ1) is 12.1. The molecule has 0 amide bonds. The van der Waals surface area contributed by atoms with Crippen molar-refractivity contribution in [2.24, 2.45) is 5.92 Å². The molecule has 0 fully saturated rings. The Morgan fingerprint density at radius 3 is 2.63 bits per heavy atom. The molecule has 98 valence electrons. The predicted octanol–water partition coefficient (Wildman–Crippen LogP) is 3.75. The standard InChI is InChI=1S/C17H20N2/c1-14-11-18-16-9-5-6-10-17(16)19(12-14)13-15-7-3-2-4-8-15/h2-10,14,18H,11-13H2,1H3/t14-/m0/s1. The third-order valence-electron chi connectivity index (χ3n) is 3.63. The van der Waals surface area contributed by atoms with E-state index in [2.05, 4.69) is 71.7 Å². The van der Waals surface area contributed by atoms with E-state index in [9.17, 15) is 0 Å². The lowest BCUT2D eigenvalue weighted by atomic mass is 10.1. The van der Waals surface area contributed by atoms with E-state index in [0.29, 0.717) is 5.92 Å². The Labute approximate surface area is 115 Å². The molecule has 1 atom stereocenters. The van der Waals surface area contributed by atoms with Crippen molar-refractivity contribution in [3.8, 4) is 0 Å². The number of nitrogens with zero attached hydrogens (tertiary/aromatic N) is 1. The Bertz CT molecular complexity index is 536. The van der Waals surface area contributed by atoms with Gasteiger partial charge in [0.05, 0.1) is 11.4 Å². The van der Waals surface area contributed by atoms with Gasteiger partial charge in [0, 0.05) is 19.6 Å². The summed E-state index contributed by atoms with van der Waals surface area (Å²) in [6.45, 7) is 5.42. The van der Waals surface area contributed by atoms with Crippen LogP contribution in [0.15, 0.2) is 54.6 Å². The zero-order valence-corrected chi connectivity index (χ0v) is 11.3. The van der Waals surface area contributed by atoms with Gasteiger partial charge in [-0.3, -0.25) is 0 Å². The van der Waals surface area contributed by atoms with E-state index in [1.165, 1.54) is 16.9 Å². The molecule has 0 bridgehead atoms. The Hall–Kier alpha value is -1.96. The highest BCUT2D eigenvalue weighted by Crippen LogP contribution is 2.30. The maximum absolute atomic E-state index is 3.55. The molecule has 1 heterocycles. The van der Waals surface area contributed by atoms with Crippen molar-refractivity contribution in [1.82, 2.24) is 0 Å². The van der Waals surface area contributed by atoms with Crippen molar-refractivity contribution in [2.75, 3.05) is 23.3 Å². The van der Waals surface area contributed by atoms with E-state index in [4.69, 9.17) is 0 Å². The minimum absolute atomic E-state index is 0.649. The summed E-state index contributed by atoms with van der Waals surface area (Å²) in [4.78, 5) is 2.48. The van der Waals surface area contributed by atoms with Crippen LogP contribution >= 0.6 is 0 Å². The smallest absolute Gasteiger partial charge is 0.0605 e. The highest BCUT2D eigenvalue weighted by molar-refractivity contribution is 5.70. The normalized spacial score (nSPS) is 18.4. The Morgan fingerprint density at radius 2 is 1.79 bits per heavy atom. The molecule has 19 heavy (non-hydrogen) atoms. The summed E-state index contributed by atoms with van der Waals surface area (Å²) in [5.74, 6) is 0.649. The predicted molar refractivity (Wildman–Crippen MR) is 81.6 cm³/mol. The molecule has 2 heteroatoms. The van der Waals surface area contributed by atoms with Crippen molar-refractivity contribution < 1.29 is 0 Å². The van der Waals surface area contributed by atoms with Crippen LogP contribution in [0.5, 0.6) is 0 Å². The number of hydrogen-bond donors (Lipinski definition) is 1. The lowest BCUT2D eigenvalue weighted by Crippen LogP contribution is -2.27. The molecule has 0 aliphatic carbocycles. The summed E-state index contributed by atoms with van der Waals surface area (Å²) in [6.07, 6.45) is 0. The maximum Gasteiger partial charge on any atom is 0.0605 e. The SMILES string of the molecule is C[C@H]1CNc2ccccc2N(Cc2ccccc2)C1. The highest BCUT2D eigenvalue weighted by Gasteiger charge is 2.18. The van der Waals surface area contributed by atoms with Gasteiger partial charge in [0.25, 0.3) is 0 Å². The molecule has 0 saturated heterocycles. The average Bonchev–Trinajstić information content (AvgIpc) is 2.60. The number of nitrogens with one attached hydrogen (secondary N) is 1. The van der Waals surface area contributed by atoms with Gasteiger partial charge in [0.15, 0.2) is 0 Å². The highest BCUT2D eigenvalue weighted by atomic mass is 15.2. The summed E-state index contributed by atoms with van der Waals surface area (Å²) < 4.78 is 0. The molecule has 0 radical (unpaired) electrons. The van der Waals surface area contributed by atoms with Gasteiger partial charge in [-0.05, 0) is 23.6 Å². The molecule has 1 N–H and O–H groups in total. The van der Waals surface area contributed by atoms with Gasteiger partial charge in [0.1, 0.15) is 0 Å². The molecule has 2 aromatic carbocycles. The van der Waals surface area contributed by atoms with Crippen molar-refractivity contribution in [3.63, 3.8) is 0 Å². The topological polar surface area (TPSA) is 15.3 Å². The third kappa shape index (κ3) is 2.73. The van der Waals surface area contributed by atoms with Crippen LogP contribution in [0.2, 0.25) is 0 Å². The van der Waals surface area contributed by atoms with E-state index < -0.39 is 0 Å². The number of fused-ring (bicyclic) bond motifs is 1. The number of benzene rings is 2. The fourth-order valence-electron chi connectivity index (χ4n) is 2.68. The third-order valence-corrected chi connectivity index (χ3v) is 3.63. The number of anilines is 2. The second-order valence-corrected chi connectivity index (χ2v) is 5.37. The van der Waals surface area contributed by atoms with Crippen LogP contribution in [0.25, 0.3) is 0 Å². The molecule has 0 aromatic heterocycles. The van der Waals surface area contributed by atoms with E-state index in [1.54, 1.807) is 0 Å². The van der Waals surface area contributed by atoms with Crippen LogP contribution in [0.1, 0.15) is 12.5 Å². The van der Waals surface area contributed by atoms with Crippen LogP contribution in [0, 0.1) is 5.92 Å². The van der Waals surface area contributed by atoms with E-state index >= 15 is 0 Å². The summed E-state index contributed by atoms with van der Waals surface area (Å²) in [6, 6.07) is 19.3. The van der Waals surface area contributed by atoms with Crippen molar-refractivity contribution >= 4 is 11.4 Å². The van der Waals surface area contributed by atoms with Gasteiger partial charge >= 0.3 is 0 Å². The first-order chi connectivity index (χ1) is 9.33. The van der Waals surface area contributed by atoms with Gasteiger partial charge in [-0.15, -0.1) is 0 Å². The average molecular weight is 252 g/mol. The molecule has 0 unspecified atom stereocenters. The van der Waals surface area contributed by atoms with Crippen LogP contribution in [-0.4, -0.2) is 13.1 Å². The molecule has 1 aliphatic heterocycles. The second-order valence-electron chi connectivity index (χ2n) is 5.37. The number of hydrogen-bond acceptors (Lipinski definition) is 2. The number of para-hydroxylation sites is 2. The Balaban J connectivity index is 1.90. The van der Waals surface area contributed by atoms with Crippen LogP contribution < -0.4 is 10.2 Å². The largest absolute Gasteiger partial charge is 0.383 e. The van der Waals surface area contributed by atoms with Crippen molar-refractivity contribution in [3.05, 3.63) is 60.2 Å². The molecule has 2 nitrogen and oxygen atoms in total. The van der Waals surface area contributed by atoms with Crippen LogP contribution in [0.4, 0.5) is 11.4 Å². The fourth-order valence-corrected chi connectivity index (χ4v) is 2.68. The summed E-state index contributed by atoms with van der Waals surface area (Å²) in [7, 11) is 0. The van der Waals surface area contributed by atoms with E-state index in [0.717, 1.165) is 19.6 Å². The lowest BCUT2D eigenvalue weighted by Gasteiger charge is -2.26. The summed E-state index contributed by atoms with van der Waals surface area (Å²) >= 11 is 0. The summed E-state index contributed by atoms with van der Waals surface area (Å²) in [5, 5.41) is 3.55. The lowest BCUT2D eigenvalue weighted by molar-refractivity contribution is 0.594. The molecule has 0 saturated carbocycles. The molecular formula is C17H20N2. The Morgan fingerprint density at radius 1 is 1.05 bits per heavy atom. The zero-order chi connectivity index (χ0) is 13.1. The molecule has 2 aromatic rings. The van der Waals surface area contributed by atoms with Gasteiger partial charge in [-0.1, -0.05) is 49.4 Å². The van der Waals surface area contributed by atoms with E-state index in [-0.39, 0.29) is 0 Å². The first-order valence-corrected chi connectivity index (χ1v) is 6.95. The number of rotatable bonds is 2. The van der Waals surface area contributed by atoms with Crippen LogP contribution in [0.3, 0.4) is 0 Å². The van der Waals surface area contributed by atoms with Crippen LogP contribution in [-0.2, 0) is 6.54 Å². The Kier molecular flexibility index (Phi) is 3.41.